The monoisotopic (exact) mass is 661 g/mol. The molecule has 0 heterocycles. The van der Waals surface area contributed by atoms with Gasteiger partial charge in [0.25, 0.3) is 10.0 Å². The van der Waals surface area contributed by atoms with Crippen molar-refractivity contribution in [2.45, 2.75) is 37.8 Å². The van der Waals surface area contributed by atoms with Gasteiger partial charge in [-0.25, -0.2) is 12.8 Å². The van der Waals surface area contributed by atoms with Crippen molar-refractivity contribution in [1.82, 2.24) is 10.2 Å². The molecular weight excluding hydrogens is 621 g/mol. The SMILES string of the molecule is COc1ccc(N(CC(=O)N(Cc2ccccc2F)[C@@H](Cc2ccccc2)C(=O)NCC(C)C)S(=O)(=O)c2ccccc2)cc1OC. The highest BCUT2D eigenvalue weighted by molar-refractivity contribution is 7.92. The van der Waals surface area contributed by atoms with Crippen molar-refractivity contribution in [3.63, 3.8) is 0 Å². The predicted molar refractivity (Wildman–Crippen MR) is 179 cm³/mol. The molecule has 0 radical (unpaired) electrons. The summed E-state index contributed by atoms with van der Waals surface area (Å²) in [7, 11) is -1.44. The van der Waals surface area contributed by atoms with Crippen LogP contribution in [0.1, 0.15) is 25.0 Å². The van der Waals surface area contributed by atoms with E-state index in [1.807, 2.05) is 44.2 Å². The summed E-state index contributed by atoms with van der Waals surface area (Å²) >= 11 is 0. The average molecular weight is 662 g/mol. The van der Waals surface area contributed by atoms with E-state index < -0.39 is 40.2 Å². The zero-order chi connectivity index (χ0) is 34.0. The number of rotatable bonds is 15. The van der Waals surface area contributed by atoms with Crippen molar-refractivity contribution in [3.05, 3.63) is 120 Å². The minimum atomic E-state index is -4.32. The van der Waals surface area contributed by atoms with Gasteiger partial charge in [0.2, 0.25) is 11.8 Å². The van der Waals surface area contributed by atoms with E-state index in [0.717, 1.165) is 9.87 Å². The van der Waals surface area contributed by atoms with Crippen LogP contribution in [0.5, 0.6) is 11.5 Å². The largest absolute Gasteiger partial charge is 0.493 e. The molecule has 4 rings (SSSR count). The van der Waals surface area contributed by atoms with Crippen molar-refractivity contribution in [2.75, 3.05) is 31.6 Å². The summed E-state index contributed by atoms with van der Waals surface area (Å²) in [5.41, 5.74) is 1.09. The highest BCUT2D eigenvalue weighted by Gasteiger charge is 2.35. The van der Waals surface area contributed by atoms with E-state index in [4.69, 9.17) is 9.47 Å². The lowest BCUT2D eigenvalue weighted by Crippen LogP contribution is -2.53. The Morgan fingerprint density at radius 1 is 0.830 bits per heavy atom. The number of hydrogen-bond acceptors (Lipinski definition) is 6. The van der Waals surface area contributed by atoms with Gasteiger partial charge < -0.3 is 19.7 Å². The van der Waals surface area contributed by atoms with E-state index in [9.17, 15) is 18.0 Å². The molecule has 9 nitrogen and oxygen atoms in total. The van der Waals surface area contributed by atoms with E-state index in [1.54, 1.807) is 30.3 Å². The van der Waals surface area contributed by atoms with Crippen LogP contribution in [0.15, 0.2) is 108 Å². The van der Waals surface area contributed by atoms with Gasteiger partial charge in [0.15, 0.2) is 11.5 Å². The molecule has 0 spiro atoms. The molecule has 0 aliphatic rings. The summed E-state index contributed by atoms with van der Waals surface area (Å²) in [4.78, 5) is 29.6. The zero-order valence-corrected chi connectivity index (χ0v) is 27.7. The topological polar surface area (TPSA) is 105 Å². The van der Waals surface area contributed by atoms with Gasteiger partial charge in [-0.2, -0.15) is 0 Å². The number of carbonyl (C=O) groups excluding carboxylic acids is 2. The molecule has 2 amide bonds. The molecule has 0 aliphatic heterocycles. The molecule has 4 aromatic rings. The summed E-state index contributed by atoms with van der Waals surface area (Å²) in [6, 6.07) is 26.3. The smallest absolute Gasteiger partial charge is 0.264 e. The number of anilines is 1. The number of benzene rings is 4. The number of halogens is 1. The molecule has 0 aliphatic carbocycles. The van der Waals surface area contributed by atoms with Crippen molar-refractivity contribution in [1.29, 1.82) is 0 Å². The maximum absolute atomic E-state index is 15.1. The molecule has 0 fully saturated rings. The highest BCUT2D eigenvalue weighted by atomic mass is 32.2. The number of methoxy groups -OCH3 is 2. The normalized spacial score (nSPS) is 11.9. The predicted octanol–water partition coefficient (Wildman–Crippen LogP) is 5.45. The fourth-order valence-corrected chi connectivity index (χ4v) is 6.44. The van der Waals surface area contributed by atoms with Gasteiger partial charge >= 0.3 is 0 Å². The molecule has 0 bridgehead atoms. The van der Waals surface area contributed by atoms with Crippen molar-refractivity contribution < 1.29 is 31.9 Å². The third-order valence-electron chi connectivity index (χ3n) is 7.52. The second-order valence-corrected chi connectivity index (χ2v) is 13.2. The standard InChI is InChI=1S/C36H40FN3O6S/c1-26(2)23-38-36(42)32(21-27-13-7-5-8-14-27)39(24-28-15-11-12-18-31(28)37)35(41)25-40(47(43,44)30-16-9-6-10-17-30)29-19-20-33(45-3)34(22-29)46-4/h5-20,22,26,32H,21,23-25H2,1-4H3,(H,38,42)/t32-/m0/s1. The summed E-state index contributed by atoms with van der Waals surface area (Å²) in [5.74, 6) is -0.947. The average Bonchev–Trinajstić information content (AvgIpc) is 3.08. The fourth-order valence-electron chi connectivity index (χ4n) is 5.02. The van der Waals surface area contributed by atoms with Crippen LogP contribution in [0.2, 0.25) is 0 Å². The Morgan fingerprint density at radius 3 is 2.06 bits per heavy atom. The second kappa shape index (κ2) is 16.1. The van der Waals surface area contributed by atoms with E-state index in [2.05, 4.69) is 5.32 Å². The lowest BCUT2D eigenvalue weighted by Gasteiger charge is -2.34. The third-order valence-corrected chi connectivity index (χ3v) is 9.31. The summed E-state index contributed by atoms with van der Waals surface area (Å²) in [5, 5.41) is 2.92. The van der Waals surface area contributed by atoms with Crippen LogP contribution in [-0.2, 0) is 32.6 Å². The molecule has 0 aromatic heterocycles. The number of hydrogen-bond donors (Lipinski definition) is 1. The summed E-state index contributed by atoms with van der Waals surface area (Å²) in [6.07, 6.45) is 0.118. The molecule has 11 heteroatoms. The minimum absolute atomic E-state index is 0.0428. The quantitative estimate of drug-likeness (QED) is 0.182. The van der Waals surface area contributed by atoms with Crippen LogP contribution in [0.25, 0.3) is 0 Å². The Kier molecular flexibility index (Phi) is 12.0. The molecule has 248 valence electrons. The zero-order valence-electron chi connectivity index (χ0n) is 26.9. The van der Waals surface area contributed by atoms with E-state index in [-0.39, 0.29) is 40.8 Å². The summed E-state index contributed by atoms with van der Waals surface area (Å²) < 4.78 is 55.2. The Hall–Kier alpha value is -4.90. The molecule has 1 atom stereocenters. The van der Waals surface area contributed by atoms with E-state index >= 15 is 4.39 Å². The highest BCUT2D eigenvalue weighted by Crippen LogP contribution is 2.34. The first-order chi connectivity index (χ1) is 22.5. The van der Waals surface area contributed by atoms with E-state index in [1.165, 1.54) is 61.6 Å². The number of ether oxygens (including phenoxy) is 2. The first-order valence-corrected chi connectivity index (χ1v) is 16.6. The summed E-state index contributed by atoms with van der Waals surface area (Å²) in [6.45, 7) is 3.29. The van der Waals surface area contributed by atoms with Gasteiger partial charge in [-0.15, -0.1) is 0 Å². The van der Waals surface area contributed by atoms with Crippen LogP contribution in [0.4, 0.5) is 10.1 Å². The lowest BCUT2D eigenvalue weighted by molar-refractivity contribution is -0.140. The fraction of sp³-hybridized carbons (Fsp3) is 0.278. The number of nitrogens with one attached hydrogen (secondary N) is 1. The first-order valence-electron chi connectivity index (χ1n) is 15.2. The molecule has 0 saturated heterocycles. The van der Waals surface area contributed by atoms with Gasteiger partial charge in [-0.3, -0.25) is 13.9 Å². The van der Waals surface area contributed by atoms with Gasteiger partial charge in [0.05, 0.1) is 24.8 Å². The van der Waals surface area contributed by atoms with Gasteiger partial charge in [0, 0.05) is 31.1 Å². The Labute approximate surface area is 276 Å². The maximum atomic E-state index is 15.1. The number of nitrogens with zero attached hydrogens (tertiary/aromatic N) is 2. The molecule has 0 unspecified atom stereocenters. The first kappa shape index (κ1) is 35.0. The number of amides is 2. The Balaban J connectivity index is 1.84. The molecule has 4 aromatic carbocycles. The lowest BCUT2D eigenvalue weighted by atomic mass is 10.0. The molecule has 1 N–H and O–H groups in total. The van der Waals surface area contributed by atoms with Crippen LogP contribution < -0.4 is 19.1 Å². The minimum Gasteiger partial charge on any atom is -0.493 e. The van der Waals surface area contributed by atoms with Crippen molar-refractivity contribution in [3.8, 4) is 11.5 Å². The molecule has 0 saturated carbocycles. The number of carbonyl (C=O) groups is 2. The second-order valence-electron chi connectivity index (χ2n) is 11.3. The van der Waals surface area contributed by atoms with Crippen LogP contribution >= 0.6 is 0 Å². The Morgan fingerprint density at radius 2 is 1.45 bits per heavy atom. The van der Waals surface area contributed by atoms with Crippen molar-refractivity contribution in [2.24, 2.45) is 5.92 Å². The van der Waals surface area contributed by atoms with Crippen LogP contribution in [-0.4, -0.2) is 58.5 Å². The van der Waals surface area contributed by atoms with Gasteiger partial charge in [0.1, 0.15) is 18.4 Å². The molecular formula is C36H40FN3O6S. The Bertz CT molecular complexity index is 1750. The third kappa shape index (κ3) is 8.88. The van der Waals surface area contributed by atoms with Crippen LogP contribution in [0.3, 0.4) is 0 Å². The van der Waals surface area contributed by atoms with Crippen molar-refractivity contribution >= 4 is 27.5 Å². The molecule has 47 heavy (non-hydrogen) atoms. The van der Waals surface area contributed by atoms with Gasteiger partial charge in [-0.1, -0.05) is 80.6 Å². The van der Waals surface area contributed by atoms with E-state index in [0.29, 0.717) is 12.3 Å². The maximum Gasteiger partial charge on any atom is 0.264 e. The van der Waals surface area contributed by atoms with Gasteiger partial charge in [-0.05, 0) is 41.8 Å². The number of sulfonamides is 1. The van der Waals surface area contributed by atoms with Crippen LogP contribution in [0, 0.1) is 11.7 Å².